The normalized spacial score (nSPS) is 15.0. The lowest BCUT2D eigenvalue weighted by molar-refractivity contribution is 0.0812. The minimum absolute atomic E-state index is 0.161. The Bertz CT molecular complexity index is 780. The van der Waals surface area contributed by atoms with Crippen LogP contribution in [0.25, 0.3) is 10.9 Å². The number of benzene rings is 1. The van der Waals surface area contributed by atoms with Crippen molar-refractivity contribution in [3.8, 4) is 0 Å². The fourth-order valence-corrected chi connectivity index (χ4v) is 4.30. The highest BCUT2D eigenvalue weighted by Crippen LogP contribution is 2.28. The fourth-order valence-electron chi connectivity index (χ4n) is 2.73. The maximum Gasteiger partial charge on any atom is 0.140 e. The molecule has 1 heterocycles. The molecule has 1 aromatic carbocycles. The maximum absolute atomic E-state index is 12.7. The summed E-state index contributed by atoms with van der Waals surface area (Å²) in [6.07, 6.45) is 2.50. The van der Waals surface area contributed by atoms with E-state index in [1.807, 2.05) is 43.7 Å². The van der Waals surface area contributed by atoms with Gasteiger partial charge in [0.2, 0.25) is 0 Å². The molecular weight excluding hydrogens is 386 g/mol. The van der Waals surface area contributed by atoms with Crippen LogP contribution in [0.3, 0.4) is 0 Å². The molecule has 1 N–H and O–H groups in total. The van der Waals surface area contributed by atoms with Gasteiger partial charge in [-0.1, -0.05) is 43.9 Å². The zero-order valence-corrected chi connectivity index (χ0v) is 19.9. The van der Waals surface area contributed by atoms with Gasteiger partial charge >= 0.3 is 0 Å². The number of nitrogens with zero attached hydrogens (tertiary/aromatic N) is 2. The molecule has 0 saturated heterocycles. The molecule has 0 aliphatic rings. The lowest BCUT2D eigenvalue weighted by atomic mass is 10.1. The summed E-state index contributed by atoms with van der Waals surface area (Å²) in [6, 6.07) is 9.11. The van der Waals surface area contributed by atoms with Crippen molar-refractivity contribution in [2.24, 2.45) is 0 Å². The van der Waals surface area contributed by atoms with E-state index in [0.717, 1.165) is 29.2 Å². The van der Waals surface area contributed by atoms with Gasteiger partial charge < -0.3 is 9.29 Å². The van der Waals surface area contributed by atoms with E-state index >= 15 is 0 Å². The topological polar surface area (TPSA) is 62.1 Å². The third-order valence-corrected chi connectivity index (χ3v) is 7.75. The first kappa shape index (κ1) is 23.2. The van der Waals surface area contributed by atoms with Gasteiger partial charge in [-0.25, -0.2) is 4.68 Å². The Kier molecular flexibility index (Phi) is 7.93. The van der Waals surface area contributed by atoms with Crippen molar-refractivity contribution >= 4 is 30.3 Å². The Labute approximate surface area is 173 Å². The van der Waals surface area contributed by atoms with E-state index in [1.54, 1.807) is 0 Å². The first-order chi connectivity index (χ1) is 13.0. The predicted octanol–water partition coefficient (Wildman–Crippen LogP) is 5.02. The first-order valence-corrected chi connectivity index (χ1v) is 14.7. The fraction of sp³-hybridized carbons (Fsp3) is 0.571. The van der Waals surface area contributed by atoms with Crippen LogP contribution in [0.5, 0.6) is 0 Å². The van der Waals surface area contributed by atoms with E-state index in [1.165, 1.54) is 0 Å². The molecule has 5 nitrogen and oxygen atoms in total. The van der Waals surface area contributed by atoms with Gasteiger partial charge in [0.05, 0.1) is 11.2 Å². The first-order valence-electron chi connectivity index (χ1n) is 9.85. The summed E-state index contributed by atoms with van der Waals surface area (Å²) in [4.78, 5) is 0. The van der Waals surface area contributed by atoms with Crippen LogP contribution in [0.1, 0.15) is 38.9 Å². The summed E-state index contributed by atoms with van der Waals surface area (Å²) in [5.41, 5.74) is 1.92. The van der Waals surface area contributed by atoms with E-state index in [-0.39, 0.29) is 10.8 Å². The van der Waals surface area contributed by atoms with Gasteiger partial charge in [0.25, 0.3) is 0 Å². The van der Waals surface area contributed by atoms with E-state index in [2.05, 4.69) is 43.1 Å². The van der Waals surface area contributed by atoms with E-state index in [9.17, 15) is 4.55 Å². The van der Waals surface area contributed by atoms with Crippen molar-refractivity contribution in [2.45, 2.75) is 70.4 Å². The molecule has 0 amide bonds. The van der Waals surface area contributed by atoms with Crippen LogP contribution in [0.2, 0.25) is 25.7 Å². The molecule has 0 saturated carbocycles. The lowest BCUT2D eigenvalue weighted by Gasteiger charge is -2.27. The summed E-state index contributed by atoms with van der Waals surface area (Å²) in [5.74, 6) is 0. The Balaban J connectivity index is 2.26. The Morgan fingerprint density at radius 3 is 2.61 bits per heavy atom. The van der Waals surface area contributed by atoms with E-state index < -0.39 is 19.4 Å². The molecule has 1 unspecified atom stereocenters. The number of aromatic nitrogens is 2. The van der Waals surface area contributed by atoms with Crippen LogP contribution in [0.15, 0.2) is 36.9 Å². The van der Waals surface area contributed by atoms with Gasteiger partial charge in [0, 0.05) is 31.4 Å². The van der Waals surface area contributed by atoms with Gasteiger partial charge in [-0.2, -0.15) is 5.10 Å². The zero-order chi connectivity index (χ0) is 20.9. The van der Waals surface area contributed by atoms with Gasteiger partial charge in [0.1, 0.15) is 17.5 Å². The van der Waals surface area contributed by atoms with Gasteiger partial charge in [-0.05, 0) is 39.3 Å². The number of nitrogens with one attached hydrogen (secondary N) is 1. The van der Waals surface area contributed by atoms with Gasteiger partial charge in [-0.15, -0.1) is 11.3 Å². The van der Waals surface area contributed by atoms with Crippen LogP contribution in [-0.4, -0.2) is 33.8 Å². The quantitative estimate of drug-likeness (QED) is 0.253. The van der Waals surface area contributed by atoms with Crippen LogP contribution >= 0.6 is 0 Å². The molecule has 0 aliphatic carbocycles. The van der Waals surface area contributed by atoms with Crippen LogP contribution in [0, 0.1) is 0 Å². The third kappa shape index (κ3) is 6.45. The summed E-state index contributed by atoms with van der Waals surface area (Å²) in [6.45, 7) is 18.0. The number of rotatable bonds is 10. The van der Waals surface area contributed by atoms with Crippen molar-refractivity contribution in [1.29, 1.82) is 0 Å². The van der Waals surface area contributed by atoms with Crippen molar-refractivity contribution in [3.05, 3.63) is 42.6 Å². The number of hydrogen-bond donors (Lipinski definition) is 1. The molecule has 156 valence electrons. The highest BCUT2D eigenvalue weighted by molar-refractivity contribution is 7.90. The summed E-state index contributed by atoms with van der Waals surface area (Å²) in [5, 5.41) is 5.89. The SMILES string of the molecule is C=CC[C@H](N[S+]([O-])C(C)(C)C)c1nn(COCC[Si](C)(C)C)c2ccccc12. The Morgan fingerprint density at radius 1 is 1.32 bits per heavy atom. The number of para-hydroxylation sites is 1. The molecule has 0 bridgehead atoms. The van der Waals surface area contributed by atoms with Gasteiger partial charge in [0.15, 0.2) is 0 Å². The molecule has 0 fully saturated rings. The molecule has 0 aliphatic heterocycles. The van der Waals surface area contributed by atoms with Crippen molar-refractivity contribution in [2.75, 3.05) is 6.61 Å². The summed E-state index contributed by atoms with van der Waals surface area (Å²) < 4.78 is 23.4. The van der Waals surface area contributed by atoms with Crippen LogP contribution in [0.4, 0.5) is 0 Å². The van der Waals surface area contributed by atoms with Crippen molar-refractivity contribution in [1.82, 2.24) is 14.5 Å². The standard InChI is InChI=1S/C21H35N3O2SSi/c1-8-11-18(23-27(25)21(2,3)4)20-17-12-9-10-13-19(17)24(22-20)16-26-14-15-28(5,6)7/h8-10,12-13,18,23H,1,11,14-16H2,2-7H3/t18-,27?/m0/s1. The second-order valence-electron chi connectivity index (χ2n) is 9.33. The minimum atomic E-state index is -1.19. The molecule has 28 heavy (non-hydrogen) atoms. The average molecular weight is 422 g/mol. The maximum atomic E-state index is 12.7. The molecular formula is C21H35N3O2SSi. The summed E-state index contributed by atoms with van der Waals surface area (Å²) >= 11 is -1.19. The Hall–Kier alpha value is -1.12. The highest BCUT2D eigenvalue weighted by atomic mass is 32.2. The molecule has 1 aromatic heterocycles. The smallest absolute Gasteiger partial charge is 0.140 e. The largest absolute Gasteiger partial charge is 0.598 e. The molecule has 0 spiro atoms. The second-order valence-corrected chi connectivity index (χ2v) is 16.9. The molecule has 7 heteroatoms. The van der Waals surface area contributed by atoms with Crippen molar-refractivity contribution < 1.29 is 9.29 Å². The minimum Gasteiger partial charge on any atom is -0.598 e. The third-order valence-electron chi connectivity index (χ3n) is 4.43. The summed E-state index contributed by atoms with van der Waals surface area (Å²) in [7, 11) is -1.12. The average Bonchev–Trinajstić information content (AvgIpc) is 2.95. The van der Waals surface area contributed by atoms with Crippen molar-refractivity contribution in [3.63, 3.8) is 0 Å². The number of fused-ring (bicyclic) bond motifs is 1. The second kappa shape index (κ2) is 9.58. The molecule has 2 rings (SSSR count). The van der Waals surface area contributed by atoms with Crippen LogP contribution in [-0.2, 0) is 22.8 Å². The van der Waals surface area contributed by atoms with Gasteiger partial charge in [-0.3, -0.25) is 0 Å². The Morgan fingerprint density at radius 2 is 2.00 bits per heavy atom. The highest BCUT2D eigenvalue weighted by Gasteiger charge is 2.31. The van der Waals surface area contributed by atoms with Crippen LogP contribution < -0.4 is 4.72 Å². The zero-order valence-electron chi connectivity index (χ0n) is 18.1. The lowest BCUT2D eigenvalue weighted by Crippen LogP contribution is -2.41. The molecule has 2 atom stereocenters. The molecule has 0 radical (unpaired) electrons. The number of hydrogen-bond acceptors (Lipinski definition) is 4. The predicted molar refractivity (Wildman–Crippen MR) is 122 cm³/mol. The monoisotopic (exact) mass is 421 g/mol. The molecule has 2 aromatic rings. The van der Waals surface area contributed by atoms with E-state index in [4.69, 9.17) is 9.84 Å². The number of ether oxygens (including phenoxy) is 1. The van der Waals surface area contributed by atoms with E-state index in [0.29, 0.717) is 13.2 Å².